The van der Waals surface area contributed by atoms with Gasteiger partial charge in [0.05, 0.1) is 19.3 Å². The number of Topliss-reactive ketones (excluding diaryl/α,β-unsaturated/α-hetero) is 1. The summed E-state index contributed by atoms with van der Waals surface area (Å²) < 4.78 is 10.1. The number of rotatable bonds is 10. The summed E-state index contributed by atoms with van der Waals surface area (Å²) in [4.78, 5) is 42.4. The van der Waals surface area contributed by atoms with E-state index < -0.39 is 12.0 Å². The number of esters is 1. The maximum absolute atomic E-state index is 13.2. The van der Waals surface area contributed by atoms with Crippen molar-refractivity contribution in [3.05, 3.63) is 22.5 Å². The van der Waals surface area contributed by atoms with Crippen molar-refractivity contribution >= 4 is 17.7 Å². The summed E-state index contributed by atoms with van der Waals surface area (Å²) in [5.74, 6) is -0.586. The van der Waals surface area contributed by atoms with Crippen molar-refractivity contribution in [3.8, 4) is 0 Å². The number of H-pyrrole nitrogens is 1. The summed E-state index contributed by atoms with van der Waals surface area (Å²) in [6.07, 6.45) is 0.362. The highest BCUT2D eigenvalue weighted by Crippen LogP contribution is 2.22. The molecule has 0 spiro atoms. The first-order valence-corrected chi connectivity index (χ1v) is 9.34. The SMILES string of the molecule is CCOC(=O)c1[nH]c(C)c(C(=O)[C@@H](C)N(CCOC)C(=O)CC(C)C)c1C. The van der Waals surface area contributed by atoms with Crippen molar-refractivity contribution in [2.24, 2.45) is 5.92 Å². The number of methoxy groups -OCH3 is 1. The van der Waals surface area contributed by atoms with Crippen molar-refractivity contribution in [2.45, 2.75) is 54.0 Å². The van der Waals surface area contributed by atoms with Crippen LogP contribution < -0.4 is 0 Å². The smallest absolute Gasteiger partial charge is 0.355 e. The predicted molar refractivity (Wildman–Crippen MR) is 103 cm³/mol. The lowest BCUT2D eigenvalue weighted by molar-refractivity contribution is -0.133. The summed E-state index contributed by atoms with van der Waals surface area (Å²) in [6, 6.07) is -0.658. The first-order valence-electron chi connectivity index (χ1n) is 9.34. The van der Waals surface area contributed by atoms with Gasteiger partial charge in [-0.05, 0) is 39.2 Å². The van der Waals surface area contributed by atoms with Crippen LogP contribution in [0.1, 0.15) is 66.2 Å². The number of hydrogen-bond acceptors (Lipinski definition) is 5. The quantitative estimate of drug-likeness (QED) is 0.498. The van der Waals surface area contributed by atoms with Gasteiger partial charge in [-0.15, -0.1) is 0 Å². The van der Waals surface area contributed by atoms with Gasteiger partial charge in [-0.3, -0.25) is 9.59 Å². The molecule has 0 aliphatic rings. The normalized spacial score (nSPS) is 12.1. The van der Waals surface area contributed by atoms with Gasteiger partial charge < -0.3 is 19.4 Å². The topological polar surface area (TPSA) is 88.7 Å². The molecule has 0 saturated heterocycles. The number of aryl methyl sites for hydroxylation is 1. The minimum atomic E-state index is -0.658. The molecule has 1 aromatic heterocycles. The largest absolute Gasteiger partial charge is 0.461 e. The number of carbonyl (C=O) groups excluding carboxylic acids is 3. The van der Waals surface area contributed by atoms with E-state index in [2.05, 4.69) is 4.98 Å². The van der Waals surface area contributed by atoms with Gasteiger partial charge in [0.15, 0.2) is 5.78 Å². The maximum Gasteiger partial charge on any atom is 0.355 e. The molecule has 0 bridgehead atoms. The molecule has 0 aliphatic carbocycles. The van der Waals surface area contributed by atoms with Crippen molar-refractivity contribution in [1.82, 2.24) is 9.88 Å². The lowest BCUT2D eigenvalue weighted by atomic mass is 9.99. The fourth-order valence-electron chi connectivity index (χ4n) is 3.07. The van der Waals surface area contributed by atoms with Crippen LogP contribution in [-0.4, -0.2) is 60.5 Å². The number of aromatic amines is 1. The molecule has 0 aliphatic heterocycles. The zero-order chi connectivity index (χ0) is 20.7. The Balaban J connectivity index is 3.16. The Morgan fingerprint density at radius 1 is 1.15 bits per heavy atom. The highest BCUT2D eigenvalue weighted by Gasteiger charge is 2.31. The number of nitrogens with zero attached hydrogens (tertiary/aromatic N) is 1. The average Bonchev–Trinajstić information content (AvgIpc) is 2.88. The maximum atomic E-state index is 13.2. The zero-order valence-corrected chi connectivity index (χ0v) is 17.5. The molecule has 0 saturated carbocycles. The number of carbonyl (C=O) groups is 3. The lowest BCUT2D eigenvalue weighted by Crippen LogP contribution is -2.45. The van der Waals surface area contributed by atoms with Crippen molar-refractivity contribution in [3.63, 3.8) is 0 Å². The molecular formula is C20H32N2O5. The van der Waals surface area contributed by atoms with E-state index in [1.54, 1.807) is 39.7 Å². The van der Waals surface area contributed by atoms with E-state index in [0.29, 0.717) is 36.4 Å². The number of aromatic nitrogens is 1. The van der Waals surface area contributed by atoms with E-state index in [0.717, 1.165) is 0 Å². The molecule has 1 amide bonds. The third-order valence-electron chi connectivity index (χ3n) is 4.45. The predicted octanol–water partition coefficient (Wildman–Crippen LogP) is 2.90. The van der Waals surface area contributed by atoms with Gasteiger partial charge in [0.2, 0.25) is 5.91 Å². The third-order valence-corrected chi connectivity index (χ3v) is 4.45. The number of ether oxygens (including phenoxy) is 2. The van der Waals surface area contributed by atoms with E-state index >= 15 is 0 Å². The standard InChI is InChI=1S/C20H32N2O5/c1-8-27-20(25)18-13(4)17(14(5)21-18)19(24)15(6)22(9-10-26-7)16(23)11-12(2)3/h12,15,21H,8-11H2,1-7H3/t15-/m1/s1. The highest BCUT2D eigenvalue weighted by molar-refractivity contribution is 6.06. The summed E-state index contributed by atoms with van der Waals surface area (Å²) >= 11 is 0. The Hall–Kier alpha value is -2.15. The molecule has 1 heterocycles. The van der Waals surface area contributed by atoms with E-state index in [-0.39, 0.29) is 29.9 Å². The Kier molecular flexibility index (Phi) is 8.69. The van der Waals surface area contributed by atoms with Crippen LogP contribution in [0.3, 0.4) is 0 Å². The van der Waals surface area contributed by atoms with Gasteiger partial charge in [0, 0.05) is 31.3 Å². The molecule has 0 unspecified atom stereocenters. The Morgan fingerprint density at radius 2 is 1.78 bits per heavy atom. The average molecular weight is 380 g/mol. The van der Waals surface area contributed by atoms with Gasteiger partial charge >= 0.3 is 5.97 Å². The fourth-order valence-corrected chi connectivity index (χ4v) is 3.07. The van der Waals surface area contributed by atoms with Crippen molar-refractivity contribution in [2.75, 3.05) is 26.9 Å². The molecule has 152 valence electrons. The number of ketones is 1. The van der Waals surface area contributed by atoms with Crippen LogP contribution in [-0.2, 0) is 14.3 Å². The Labute approximate surface area is 161 Å². The Morgan fingerprint density at radius 3 is 2.30 bits per heavy atom. The molecule has 7 nitrogen and oxygen atoms in total. The van der Waals surface area contributed by atoms with Crippen LogP contribution in [0.5, 0.6) is 0 Å². The van der Waals surface area contributed by atoms with Gasteiger partial charge in [-0.2, -0.15) is 0 Å². The highest BCUT2D eigenvalue weighted by atomic mass is 16.5. The molecule has 0 fully saturated rings. The molecule has 27 heavy (non-hydrogen) atoms. The molecule has 0 radical (unpaired) electrons. The van der Waals surface area contributed by atoms with Gasteiger partial charge in [0.1, 0.15) is 5.69 Å². The van der Waals surface area contributed by atoms with E-state index in [4.69, 9.17) is 9.47 Å². The van der Waals surface area contributed by atoms with Crippen LogP contribution in [0, 0.1) is 19.8 Å². The van der Waals surface area contributed by atoms with E-state index in [9.17, 15) is 14.4 Å². The number of nitrogens with one attached hydrogen (secondary N) is 1. The van der Waals surface area contributed by atoms with Crippen LogP contribution in [0.4, 0.5) is 0 Å². The summed E-state index contributed by atoms with van der Waals surface area (Å²) in [5, 5.41) is 0. The molecule has 0 aromatic carbocycles. The second-order valence-electron chi connectivity index (χ2n) is 7.06. The third kappa shape index (κ3) is 5.66. The minimum absolute atomic E-state index is 0.0839. The molecule has 7 heteroatoms. The fraction of sp³-hybridized carbons (Fsp3) is 0.650. The van der Waals surface area contributed by atoms with Crippen molar-refractivity contribution in [1.29, 1.82) is 0 Å². The second kappa shape index (κ2) is 10.3. The van der Waals surface area contributed by atoms with Crippen LogP contribution in [0.25, 0.3) is 0 Å². The molecule has 1 N–H and O–H groups in total. The van der Waals surface area contributed by atoms with Crippen LogP contribution in [0.15, 0.2) is 0 Å². The van der Waals surface area contributed by atoms with Crippen LogP contribution >= 0.6 is 0 Å². The first kappa shape index (κ1) is 22.9. The van der Waals surface area contributed by atoms with Crippen LogP contribution in [0.2, 0.25) is 0 Å². The van der Waals surface area contributed by atoms with Gasteiger partial charge in [-0.1, -0.05) is 13.8 Å². The Bertz CT molecular complexity index is 678. The molecular weight excluding hydrogens is 348 g/mol. The first-order chi connectivity index (χ1) is 12.6. The van der Waals surface area contributed by atoms with Gasteiger partial charge in [0.25, 0.3) is 0 Å². The molecule has 1 aromatic rings. The summed E-state index contributed by atoms with van der Waals surface area (Å²) in [6.45, 7) is 11.8. The molecule has 1 rings (SSSR count). The second-order valence-corrected chi connectivity index (χ2v) is 7.06. The van der Waals surface area contributed by atoms with E-state index in [1.165, 1.54) is 0 Å². The lowest BCUT2D eigenvalue weighted by Gasteiger charge is -2.29. The summed E-state index contributed by atoms with van der Waals surface area (Å²) in [5.41, 5.74) is 1.85. The van der Waals surface area contributed by atoms with Gasteiger partial charge in [-0.25, -0.2) is 4.79 Å². The molecule has 1 atom stereocenters. The minimum Gasteiger partial charge on any atom is -0.461 e. The monoisotopic (exact) mass is 380 g/mol. The van der Waals surface area contributed by atoms with E-state index in [1.807, 2.05) is 13.8 Å². The number of amides is 1. The zero-order valence-electron chi connectivity index (χ0n) is 17.5. The number of hydrogen-bond donors (Lipinski definition) is 1. The summed E-state index contributed by atoms with van der Waals surface area (Å²) in [7, 11) is 1.56. The van der Waals surface area contributed by atoms with Crippen molar-refractivity contribution < 1.29 is 23.9 Å².